The lowest BCUT2D eigenvalue weighted by Gasteiger charge is -2.34. The fourth-order valence-corrected chi connectivity index (χ4v) is 3.79. The van der Waals surface area contributed by atoms with E-state index in [9.17, 15) is 9.59 Å². The number of carbonyl (C=O) groups excluding carboxylic acids is 1. The van der Waals surface area contributed by atoms with Gasteiger partial charge in [0.2, 0.25) is 5.56 Å². The van der Waals surface area contributed by atoms with E-state index in [1.165, 1.54) is 10.6 Å². The Hall–Kier alpha value is -1.95. The van der Waals surface area contributed by atoms with Gasteiger partial charge in [-0.3, -0.25) is 9.59 Å². The third kappa shape index (κ3) is 2.83. The van der Waals surface area contributed by atoms with Gasteiger partial charge in [-0.25, -0.2) is 4.98 Å². The maximum Gasteiger partial charge on any atom is 0.255 e. The van der Waals surface area contributed by atoms with Gasteiger partial charge in [-0.05, 0) is 32.3 Å². The summed E-state index contributed by atoms with van der Waals surface area (Å²) in [6, 6.07) is 3.11. The predicted octanol–water partition coefficient (Wildman–Crippen LogP) is 2.52. The maximum atomic E-state index is 12.8. The highest BCUT2D eigenvalue weighted by atomic mass is 32.1. The predicted molar refractivity (Wildman–Crippen MR) is 86.2 cm³/mol. The Morgan fingerprint density at radius 2 is 2.18 bits per heavy atom. The molecule has 3 rings (SSSR count). The van der Waals surface area contributed by atoms with Crippen LogP contribution in [0.15, 0.2) is 28.5 Å². The molecule has 1 fully saturated rings. The Kier molecular flexibility index (Phi) is 4.11. The molecule has 0 saturated carbocycles. The molecule has 1 aliphatic heterocycles. The molecule has 0 N–H and O–H groups in total. The maximum absolute atomic E-state index is 12.8. The van der Waals surface area contributed by atoms with Crippen molar-refractivity contribution in [1.82, 2.24) is 14.5 Å². The first kappa shape index (κ1) is 15.0. The van der Waals surface area contributed by atoms with E-state index < -0.39 is 0 Å². The van der Waals surface area contributed by atoms with E-state index in [4.69, 9.17) is 0 Å². The smallest absolute Gasteiger partial charge is 0.255 e. The van der Waals surface area contributed by atoms with E-state index in [-0.39, 0.29) is 17.5 Å². The number of carbonyl (C=O) groups is 1. The molecule has 22 heavy (non-hydrogen) atoms. The number of hydrogen-bond donors (Lipinski definition) is 0. The quantitative estimate of drug-likeness (QED) is 0.855. The molecule has 0 aromatic carbocycles. The summed E-state index contributed by atoms with van der Waals surface area (Å²) in [5.74, 6) is -0.0202. The van der Waals surface area contributed by atoms with Crippen LogP contribution in [0.4, 0.5) is 0 Å². The van der Waals surface area contributed by atoms with Crippen molar-refractivity contribution in [2.75, 3.05) is 6.54 Å². The molecule has 1 aliphatic rings. The van der Waals surface area contributed by atoms with Crippen molar-refractivity contribution in [3.05, 3.63) is 50.3 Å². The standard InChI is InChI=1S/C16H19N3O2S/c1-11-10-22-15(17-11)13-5-3-4-8-19(13)16(21)12-6-7-14(20)18(2)9-12/h6-7,9-10,13H,3-5,8H2,1-2H3/t13-/m0/s1. The first-order valence-corrected chi connectivity index (χ1v) is 8.34. The Bertz CT molecular complexity index is 750. The van der Waals surface area contributed by atoms with E-state index in [0.29, 0.717) is 5.56 Å². The van der Waals surface area contributed by atoms with E-state index in [1.54, 1.807) is 30.6 Å². The second kappa shape index (κ2) is 6.04. The molecule has 116 valence electrons. The second-order valence-electron chi connectivity index (χ2n) is 5.70. The second-order valence-corrected chi connectivity index (χ2v) is 6.59. The van der Waals surface area contributed by atoms with Gasteiger partial charge in [-0.1, -0.05) is 0 Å². The molecule has 2 aromatic heterocycles. The highest BCUT2D eigenvalue weighted by Gasteiger charge is 2.30. The molecule has 0 unspecified atom stereocenters. The zero-order chi connectivity index (χ0) is 15.7. The summed E-state index contributed by atoms with van der Waals surface area (Å²) in [5, 5.41) is 3.04. The third-order valence-corrected chi connectivity index (χ3v) is 5.08. The van der Waals surface area contributed by atoms with Gasteiger partial charge in [0, 0.05) is 36.9 Å². The molecule has 0 spiro atoms. The van der Waals surface area contributed by atoms with E-state index in [1.807, 2.05) is 17.2 Å². The molecule has 1 atom stereocenters. The zero-order valence-electron chi connectivity index (χ0n) is 12.8. The van der Waals surface area contributed by atoms with E-state index in [0.717, 1.165) is 36.5 Å². The molecule has 5 nitrogen and oxygen atoms in total. The van der Waals surface area contributed by atoms with Crippen molar-refractivity contribution in [2.45, 2.75) is 32.2 Å². The van der Waals surface area contributed by atoms with E-state index in [2.05, 4.69) is 4.98 Å². The van der Waals surface area contributed by atoms with Crippen molar-refractivity contribution in [3.8, 4) is 0 Å². The molecule has 0 aliphatic carbocycles. The van der Waals surface area contributed by atoms with Crippen molar-refractivity contribution in [3.63, 3.8) is 0 Å². The molecule has 1 amide bonds. The minimum Gasteiger partial charge on any atom is -0.329 e. The Morgan fingerprint density at radius 1 is 1.36 bits per heavy atom. The fraction of sp³-hybridized carbons (Fsp3) is 0.438. The summed E-state index contributed by atoms with van der Waals surface area (Å²) in [4.78, 5) is 30.8. The molecular weight excluding hydrogens is 298 g/mol. The molecule has 1 saturated heterocycles. The Balaban J connectivity index is 1.91. The number of likely N-dealkylation sites (tertiary alicyclic amines) is 1. The number of thiazole rings is 1. The van der Waals surface area contributed by atoms with Crippen LogP contribution in [0.1, 0.15) is 46.4 Å². The summed E-state index contributed by atoms with van der Waals surface area (Å²) in [6.45, 7) is 2.72. The van der Waals surface area contributed by atoms with Crippen LogP contribution in [0.3, 0.4) is 0 Å². The number of amides is 1. The molecule has 3 heterocycles. The van der Waals surface area contributed by atoms with Crippen molar-refractivity contribution >= 4 is 17.2 Å². The lowest BCUT2D eigenvalue weighted by Crippen LogP contribution is -2.39. The summed E-state index contributed by atoms with van der Waals surface area (Å²) < 4.78 is 1.44. The van der Waals surface area contributed by atoms with Gasteiger partial charge in [0.25, 0.3) is 5.91 Å². The third-order valence-electron chi connectivity index (χ3n) is 4.02. The monoisotopic (exact) mass is 317 g/mol. The Morgan fingerprint density at radius 3 is 2.86 bits per heavy atom. The van der Waals surface area contributed by atoms with Crippen molar-refractivity contribution in [1.29, 1.82) is 0 Å². The van der Waals surface area contributed by atoms with Gasteiger partial charge in [0.15, 0.2) is 0 Å². The number of aryl methyl sites for hydroxylation is 2. The van der Waals surface area contributed by atoms with Gasteiger partial charge < -0.3 is 9.47 Å². The molecule has 6 heteroatoms. The lowest BCUT2D eigenvalue weighted by atomic mass is 10.0. The summed E-state index contributed by atoms with van der Waals surface area (Å²) in [7, 11) is 1.66. The minimum absolute atomic E-state index is 0.0202. The number of rotatable bonds is 2. The minimum atomic E-state index is -0.109. The van der Waals surface area contributed by atoms with Crippen LogP contribution in [0.2, 0.25) is 0 Å². The van der Waals surface area contributed by atoms with Gasteiger partial charge in [-0.2, -0.15) is 0 Å². The summed E-state index contributed by atoms with van der Waals surface area (Å²) >= 11 is 1.62. The van der Waals surface area contributed by atoms with Crippen LogP contribution in [0.25, 0.3) is 0 Å². The van der Waals surface area contributed by atoms with Crippen LogP contribution < -0.4 is 5.56 Å². The molecule has 2 aromatic rings. The topological polar surface area (TPSA) is 55.2 Å². The average Bonchev–Trinajstić information content (AvgIpc) is 2.96. The van der Waals surface area contributed by atoms with Crippen LogP contribution in [-0.2, 0) is 7.05 Å². The zero-order valence-corrected chi connectivity index (χ0v) is 13.6. The van der Waals surface area contributed by atoms with Crippen LogP contribution in [0.5, 0.6) is 0 Å². The van der Waals surface area contributed by atoms with Gasteiger partial charge in [-0.15, -0.1) is 11.3 Å². The van der Waals surface area contributed by atoms with Gasteiger partial charge in [0.1, 0.15) is 5.01 Å². The highest BCUT2D eigenvalue weighted by molar-refractivity contribution is 7.09. The van der Waals surface area contributed by atoms with E-state index >= 15 is 0 Å². The fourth-order valence-electron chi connectivity index (χ4n) is 2.84. The molecule has 0 bridgehead atoms. The first-order valence-electron chi connectivity index (χ1n) is 7.46. The Labute approximate surface area is 133 Å². The van der Waals surface area contributed by atoms with Gasteiger partial charge in [0.05, 0.1) is 11.6 Å². The molecule has 0 radical (unpaired) electrons. The van der Waals surface area contributed by atoms with Crippen molar-refractivity contribution < 1.29 is 4.79 Å². The number of piperidine rings is 1. The van der Waals surface area contributed by atoms with Crippen LogP contribution in [0, 0.1) is 6.92 Å². The average molecular weight is 317 g/mol. The van der Waals surface area contributed by atoms with Crippen molar-refractivity contribution in [2.24, 2.45) is 7.05 Å². The number of pyridine rings is 1. The number of nitrogens with zero attached hydrogens (tertiary/aromatic N) is 3. The van der Waals surface area contributed by atoms with Crippen LogP contribution in [-0.4, -0.2) is 26.9 Å². The summed E-state index contributed by atoms with van der Waals surface area (Å²) in [6.07, 6.45) is 4.69. The lowest BCUT2D eigenvalue weighted by molar-refractivity contribution is 0.0610. The highest BCUT2D eigenvalue weighted by Crippen LogP contribution is 2.33. The SMILES string of the molecule is Cc1csc([C@@H]2CCCCN2C(=O)c2ccc(=O)n(C)c2)n1. The largest absolute Gasteiger partial charge is 0.329 e. The normalized spacial score (nSPS) is 18.5. The number of aromatic nitrogens is 2. The molecular formula is C16H19N3O2S. The number of hydrogen-bond acceptors (Lipinski definition) is 4. The van der Waals surface area contributed by atoms with Crippen LogP contribution >= 0.6 is 11.3 Å². The first-order chi connectivity index (χ1) is 10.6. The summed E-state index contributed by atoms with van der Waals surface area (Å²) in [5.41, 5.74) is 1.45. The van der Waals surface area contributed by atoms with Gasteiger partial charge >= 0.3 is 0 Å².